The van der Waals surface area contributed by atoms with E-state index in [-0.39, 0.29) is 24.1 Å². The third-order valence-electron chi connectivity index (χ3n) is 1.59. The lowest BCUT2D eigenvalue weighted by molar-refractivity contribution is 0.365. The molecule has 1 rings (SSSR count). The van der Waals surface area contributed by atoms with Crippen LogP contribution >= 0.6 is 0 Å². The summed E-state index contributed by atoms with van der Waals surface area (Å²) >= 11 is 0. The van der Waals surface area contributed by atoms with Crippen LogP contribution in [0.5, 0.6) is 11.8 Å². The maximum atomic E-state index is 8.58. The van der Waals surface area contributed by atoms with Gasteiger partial charge in [-0.15, -0.1) is 0 Å². The van der Waals surface area contributed by atoms with E-state index in [9.17, 15) is 0 Å². The molecule has 0 aliphatic rings. The molecule has 0 saturated heterocycles. The van der Waals surface area contributed by atoms with Gasteiger partial charge in [-0.1, -0.05) is 0 Å². The highest BCUT2D eigenvalue weighted by atomic mass is 16.5. The summed E-state index contributed by atoms with van der Waals surface area (Å²) in [6.07, 6.45) is 0.118. The predicted octanol–water partition coefficient (Wildman–Crippen LogP) is 0.142. The molecule has 0 atom stereocenters. The van der Waals surface area contributed by atoms with Gasteiger partial charge in [0.25, 0.3) is 0 Å². The van der Waals surface area contributed by atoms with E-state index in [0.717, 1.165) is 0 Å². The second kappa shape index (κ2) is 4.28. The van der Waals surface area contributed by atoms with Gasteiger partial charge in [-0.2, -0.15) is 15.2 Å². The molecule has 14 heavy (non-hydrogen) atoms. The molecule has 0 bridgehead atoms. The molecule has 2 N–H and O–H groups in total. The van der Waals surface area contributed by atoms with E-state index in [0.29, 0.717) is 5.56 Å². The number of nitriles is 1. The fourth-order valence-electron chi connectivity index (χ4n) is 1.03. The summed E-state index contributed by atoms with van der Waals surface area (Å²) in [5, 5.41) is 8.58. The van der Waals surface area contributed by atoms with Crippen LogP contribution in [-0.4, -0.2) is 24.2 Å². The van der Waals surface area contributed by atoms with E-state index in [1.807, 2.05) is 6.07 Å². The lowest BCUT2D eigenvalue weighted by atomic mass is 10.2. The normalized spacial score (nSPS) is 9.21. The number of anilines is 1. The van der Waals surface area contributed by atoms with E-state index < -0.39 is 0 Å². The molecule has 0 radical (unpaired) electrons. The first kappa shape index (κ1) is 10.1. The molecule has 0 spiro atoms. The summed E-state index contributed by atoms with van der Waals surface area (Å²) in [5.74, 6) is 0.604. The quantitative estimate of drug-likeness (QED) is 0.735. The Morgan fingerprint density at radius 3 is 2.14 bits per heavy atom. The summed E-state index contributed by atoms with van der Waals surface area (Å²) in [4.78, 5) is 7.66. The van der Waals surface area contributed by atoms with Gasteiger partial charge in [-0.05, 0) is 0 Å². The smallest absolute Gasteiger partial charge is 0.226 e. The molecule has 0 unspecified atom stereocenters. The largest absolute Gasteiger partial charge is 0.481 e. The van der Waals surface area contributed by atoms with Gasteiger partial charge in [0.1, 0.15) is 0 Å². The van der Waals surface area contributed by atoms with Crippen molar-refractivity contribution < 1.29 is 9.47 Å². The van der Waals surface area contributed by atoms with Crippen molar-refractivity contribution in [2.75, 3.05) is 20.0 Å². The van der Waals surface area contributed by atoms with Crippen LogP contribution < -0.4 is 15.2 Å². The van der Waals surface area contributed by atoms with Crippen molar-refractivity contribution in [3.05, 3.63) is 5.56 Å². The first-order valence-corrected chi connectivity index (χ1v) is 3.84. The van der Waals surface area contributed by atoms with Crippen LogP contribution in [0.1, 0.15) is 5.56 Å². The van der Waals surface area contributed by atoms with Crippen molar-refractivity contribution in [2.45, 2.75) is 6.42 Å². The molecule has 0 saturated carbocycles. The molecule has 1 aromatic heterocycles. The number of rotatable bonds is 3. The van der Waals surface area contributed by atoms with Gasteiger partial charge >= 0.3 is 0 Å². The molecule has 74 valence electrons. The maximum absolute atomic E-state index is 8.58. The van der Waals surface area contributed by atoms with E-state index >= 15 is 0 Å². The molecular weight excluding hydrogens is 184 g/mol. The number of nitrogen functional groups attached to an aromatic ring is 1. The lowest BCUT2D eigenvalue weighted by Crippen LogP contribution is -2.05. The molecular formula is C8H10N4O2. The van der Waals surface area contributed by atoms with Crippen LogP contribution in [0, 0.1) is 11.3 Å². The molecule has 6 heteroatoms. The average Bonchev–Trinajstić information content (AvgIpc) is 2.20. The highest BCUT2D eigenvalue weighted by Gasteiger charge is 2.14. The first-order valence-electron chi connectivity index (χ1n) is 3.84. The Kier molecular flexibility index (Phi) is 3.07. The Bertz CT molecular complexity index is 347. The molecule has 0 aromatic carbocycles. The predicted molar refractivity (Wildman–Crippen MR) is 48.9 cm³/mol. The Balaban J connectivity index is 3.26. The van der Waals surface area contributed by atoms with Crippen molar-refractivity contribution in [1.29, 1.82) is 5.26 Å². The van der Waals surface area contributed by atoms with Gasteiger partial charge in [0.15, 0.2) is 0 Å². The third-order valence-corrected chi connectivity index (χ3v) is 1.59. The topological polar surface area (TPSA) is 94.1 Å². The van der Waals surface area contributed by atoms with Crippen LogP contribution in [0.15, 0.2) is 0 Å². The van der Waals surface area contributed by atoms with E-state index in [2.05, 4.69) is 9.97 Å². The van der Waals surface area contributed by atoms with Crippen molar-refractivity contribution in [1.82, 2.24) is 9.97 Å². The molecule has 1 aromatic rings. The first-order chi connectivity index (χ1) is 6.72. The molecule has 0 fully saturated rings. The van der Waals surface area contributed by atoms with Crippen LogP contribution in [0.2, 0.25) is 0 Å². The highest BCUT2D eigenvalue weighted by Crippen LogP contribution is 2.25. The van der Waals surface area contributed by atoms with Crippen LogP contribution in [0.4, 0.5) is 5.95 Å². The van der Waals surface area contributed by atoms with Crippen LogP contribution in [0.25, 0.3) is 0 Å². The number of hydrogen-bond acceptors (Lipinski definition) is 6. The van der Waals surface area contributed by atoms with Gasteiger partial charge in [0, 0.05) is 0 Å². The van der Waals surface area contributed by atoms with Crippen LogP contribution in [-0.2, 0) is 6.42 Å². The van der Waals surface area contributed by atoms with E-state index in [4.69, 9.17) is 20.5 Å². The van der Waals surface area contributed by atoms with Crippen molar-refractivity contribution >= 4 is 5.95 Å². The Morgan fingerprint density at radius 2 is 1.79 bits per heavy atom. The van der Waals surface area contributed by atoms with Gasteiger partial charge < -0.3 is 15.2 Å². The van der Waals surface area contributed by atoms with E-state index in [1.165, 1.54) is 14.2 Å². The van der Waals surface area contributed by atoms with Crippen LogP contribution in [0.3, 0.4) is 0 Å². The fourth-order valence-corrected chi connectivity index (χ4v) is 1.03. The van der Waals surface area contributed by atoms with Gasteiger partial charge in [0.05, 0.1) is 32.3 Å². The number of ether oxygens (including phenoxy) is 2. The monoisotopic (exact) mass is 194 g/mol. The summed E-state index contributed by atoms with van der Waals surface area (Å²) in [6, 6.07) is 1.97. The second-order valence-electron chi connectivity index (χ2n) is 2.41. The molecule has 0 aliphatic heterocycles. The van der Waals surface area contributed by atoms with E-state index in [1.54, 1.807) is 0 Å². The number of hydrogen-bond donors (Lipinski definition) is 1. The number of nitrogens with two attached hydrogens (primary N) is 1. The summed E-state index contributed by atoms with van der Waals surface area (Å²) < 4.78 is 9.92. The minimum atomic E-state index is 0.0559. The Hall–Kier alpha value is -2.03. The zero-order valence-corrected chi connectivity index (χ0v) is 7.94. The Morgan fingerprint density at radius 1 is 1.29 bits per heavy atom. The maximum Gasteiger partial charge on any atom is 0.226 e. The van der Waals surface area contributed by atoms with Crippen molar-refractivity contribution in [2.24, 2.45) is 0 Å². The zero-order valence-electron chi connectivity index (χ0n) is 7.94. The lowest BCUT2D eigenvalue weighted by Gasteiger charge is -2.08. The van der Waals surface area contributed by atoms with Gasteiger partial charge in [-0.3, -0.25) is 0 Å². The van der Waals surface area contributed by atoms with Crippen molar-refractivity contribution in [3.8, 4) is 17.8 Å². The summed E-state index contributed by atoms with van der Waals surface area (Å²) in [6.45, 7) is 0. The van der Waals surface area contributed by atoms with Gasteiger partial charge in [-0.25, -0.2) is 0 Å². The SMILES string of the molecule is COc1nc(N)nc(OC)c1CC#N. The minimum Gasteiger partial charge on any atom is -0.481 e. The molecule has 1 heterocycles. The minimum absolute atomic E-state index is 0.0559. The average molecular weight is 194 g/mol. The number of methoxy groups -OCH3 is 2. The summed E-state index contributed by atoms with van der Waals surface area (Å²) in [7, 11) is 2.89. The molecule has 0 amide bonds. The van der Waals surface area contributed by atoms with Gasteiger partial charge in [0.2, 0.25) is 17.7 Å². The molecule has 6 nitrogen and oxygen atoms in total. The zero-order chi connectivity index (χ0) is 10.6. The number of aromatic nitrogens is 2. The Labute approximate surface area is 81.3 Å². The summed E-state index contributed by atoms with van der Waals surface area (Å²) in [5.41, 5.74) is 5.92. The third kappa shape index (κ3) is 1.82. The number of nitrogens with zero attached hydrogens (tertiary/aromatic N) is 3. The fraction of sp³-hybridized carbons (Fsp3) is 0.375. The highest BCUT2D eigenvalue weighted by molar-refractivity contribution is 5.41. The second-order valence-corrected chi connectivity index (χ2v) is 2.41. The molecule has 0 aliphatic carbocycles. The standard InChI is InChI=1S/C8H10N4O2/c1-13-6-5(3-4-9)7(14-2)12-8(10)11-6/h3H2,1-2H3,(H2,10,11,12). The van der Waals surface area contributed by atoms with Crippen molar-refractivity contribution in [3.63, 3.8) is 0 Å².